The van der Waals surface area contributed by atoms with E-state index in [1.165, 1.54) is 17.3 Å². The number of unbranched alkanes of at least 4 members (excludes halogenated alkanes) is 1. The molecule has 2 aromatic rings. The summed E-state index contributed by atoms with van der Waals surface area (Å²) < 4.78 is 8.99. The van der Waals surface area contributed by atoms with Crippen molar-refractivity contribution in [1.82, 2.24) is 4.57 Å². The van der Waals surface area contributed by atoms with Gasteiger partial charge >= 0.3 is 0 Å². The number of halogens is 1. The number of benzene rings is 1. The van der Waals surface area contributed by atoms with E-state index in [1.54, 1.807) is 0 Å². The first-order valence-corrected chi connectivity index (χ1v) is 6.93. The number of hydrogen-bond acceptors (Lipinski definition) is 1. The summed E-state index contributed by atoms with van der Waals surface area (Å²) >= 11 is 3.57. The largest absolute Gasteiger partial charge is 0.380 e. The minimum atomic E-state index is 0.788. The summed E-state index contributed by atoms with van der Waals surface area (Å²) in [5.74, 6) is 0. The average molecular weight is 296 g/mol. The molecule has 0 saturated carbocycles. The van der Waals surface area contributed by atoms with E-state index >= 15 is 0 Å². The molecular formula is C14H18BrNO. The van der Waals surface area contributed by atoms with Crippen LogP contribution >= 0.6 is 15.9 Å². The SMILES string of the molecule is CCCCOCCn1ccc2c(Br)cccc21. The monoisotopic (exact) mass is 295 g/mol. The predicted molar refractivity (Wildman–Crippen MR) is 75.4 cm³/mol. The van der Waals surface area contributed by atoms with E-state index in [0.717, 1.165) is 30.7 Å². The van der Waals surface area contributed by atoms with Crippen molar-refractivity contribution in [2.75, 3.05) is 13.2 Å². The van der Waals surface area contributed by atoms with Gasteiger partial charge in [-0.05, 0) is 24.6 Å². The maximum absolute atomic E-state index is 5.59. The normalized spacial score (nSPS) is 11.2. The third-order valence-corrected chi connectivity index (χ3v) is 3.57. The highest BCUT2D eigenvalue weighted by atomic mass is 79.9. The Labute approximate surface area is 111 Å². The van der Waals surface area contributed by atoms with Crippen LogP contribution in [-0.4, -0.2) is 17.8 Å². The first kappa shape index (κ1) is 12.7. The van der Waals surface area contributed by atoms with Crippen molar-refractivity contribution < 1.29 is 4.74 Å². The van der Waals surface area contributed by atoms with Crippen LogP contribution in [0, 0.1) is 0 Å². The van der Waals surface area contributed by atoms with Crippen LogP contribution in [0.3, 0.4) is 0 Å². The van der Waals surface area contributed by atoms with Gasteiger partial charge < -0.3 is 9.30 Å². The zero-order chi connectivity index (χ0) is 12.1. The molecule has 2 nitrogen and oxygen atoms in total. The van der Waals surface area contributed by atoms with E-state index in [1.807, 2.05) is 0 Å². The Morgan fingerprint density at radius 1 is 1.24 bits per heavy atom. The van der Waals surface area contributed by atoms with Crippen LogP contribution in [0.15, 0.2) is 34.9 Å². The summed E-state index contributed by atoms with van der Waals surface area (Å²) in [6.45, 7) is 4.76. The third-order valence-electron chi connectivity index (χ3n) is 2.88. The molecule has 1 heterocycles. The van der Waals surface area contributed by atoms with Crippen molar-refractivity contribution in [3.8, 4) is 0 Å². The average Bonchev–Trinajstić information content (AvgIpc) is 2.74. The standard InChI is InChI=1S/C14H18BrNO/c1-2-3-10-17-11-9-16-8-7-12-13(15)5-4-6-14(12)16/h4-8H,2-3,9-11H2,1H3. The molecular weight excluding hydrogens is 278 g/mol. The van der Waals surface area contributed by atoms with Crippen LogP contribution < -0.4 is 0 Å². The molecule has 0 bridgehead atoms. The lowest BCUT2D eigenvalue weighted by Crippen LogP contribution is -2.05. The lowest BCUT2D eigenvalue weighted by atomic mass is 10.2. The topological polar surface area (TPSA) is 14.2 Å². The van der Waals surface area contributed by atoms with Crippen LogP contribution in [0.2, 0.25) is 0 Å². The molecule has 0 spiro atoms. The van der Waals surface area contributed by atoms with Gasteiger partial charge in [-0.3, -0.25) is 0 Å². The van der Waals surface area contributed by atoms with Gasteiger partial charge in [-0.15, -0.1) is 0 Å². The van der Waals surface area contributed by atoms with Crippen LogP contribution in [0.4, 0.5) is 0 Å². The second kappa shape index (κ2) is 6.22. The maximum atomic E-state index is 5.59. The van der Waals surface area contributed by atoms with Gasteiger partial charge in [0.2, 0.25) is 0 Å². The minimum Gasteiger partial charge on any atom is -0.380 e. The van der Waals surface area contributed by atoms with Gasteiger partial charge in [-0.25, -0.2) is 0 Å². The van der Waals surface area contributed by atoms with E-state index < -0.39 is 0 Å². The molecule has 0 unspecified atom stereocenters. The maximum Gasteiger partial charge on any atom is 0.0645 e. The molecule has 17 heavy (non-hydrogen) atoms. The summed E-state index contributed by atoms with van der Waals surface area (Å²) in [5.41, 5.74) is 1.26. The second-order valence-corrected chi connectivity index (χ2v) is 5.00. The fraction of sp³-hybridized carbons (Fsp3) is 0.429. The van der Waals surface area contributed by atoms with Crippen LogP contribution in [0.5, 0.6) is 0 Å². The lowest BCUT2D eigenvalue weighted by Gasteiger charge is -2.06. The van der Waals surface area contributed by atoms with Crippen molar-refractivity contribution in [3.05, 3.63) is 34.9 Å². The Morgan fingerprint density at radius 2 is 2.12 bits per heavy atom. The zero-order valence-electron chi connectivity index (χ0n) is 10.2. The summed E-state index contributed by atoms with van der Waals surface area (Å²) in [4.78, 5) is 0. The van der Waals surface area contributed by atoms with E-state index in [4.69, 9.17) is 4.74 Å². The number of fused-ring (bicyclic) bond motifs is 1. The van der Waals surface area contributed by atoms with Gasteiger partial charge in [0.05, 0.1) is 6.61 Å². The van der Waals surface area contributed by atoms with Gasteiger partial charge in [0, 0.05) is 34.7 Å². The highest BCUT2D eigenvalue weighted by molar-refractivity contribution is 9.10. The van der Waals surface area contributed by atoms with Crippen molar-refractivity contribution in [2.24, 2.45) is 0 Å². The number of rotatable bonds is 6. The van der Waals surface area contributed by atoms with Crippen LogP contribution in [-0.2, 0) is 11.3 Å². The molecule has 0 atom stereocenters. The van der Waals surface area contributed by atoms with Gasteiger partial charge in [0.25, 0.3) is 0 Å². The van der Waals surface area contributed by atoms with E-state index in [9.17, 15) is 0 Å². The molecule has 92 valence electrons. The number of hydrogen-bond donors (Lipinski definition) is 0. The summed E-state index contributed by atoms with van der Waals surface area (Å²) in [5, 5.41) is 1.26. The number of aromatic nitrogens is 1. The van der Waals surface area contributed by atoms with Gasteiger partial charge in [0.15, 0.2) is 0 Å². The van der Waals surface area contributed by atoms with Crippen LogP contribution in [0.1, 0.15) is 19.8 Å². The quantitative estimate of drug-likeness (QED) is 0.728. The molecule has 3 heteroatoms. The fourth-order valence-corrected chi connectivity index (χ4v) is 2.38. The highest BCUT2D eigenvalue weighted by Crippen LogP contribution is 2.24. The summed E-state index contributed by atoms with van der Waals surface area (Å²) in [6.07, 6.45) is 4.47. The smallest absolute Gasteiger partial charge is 0.0645 e. The predicted octanol–water partition coefficient (Wildman–Crippen LogP) is 4.22. The van der Waals surface area contributed by atoms with Crippen molar-refractivity contribution in [1.29, 1.82) is 0 Å². The molecule has 0 N–H and O–H groups in total. The first-order chi connectivity index (χ1) is 8.33. The Hall–Kier alpha value is -0.800. The third kappa shape index (κ3) is 3.11. The fourth-order valence-electron chi connectivity index (χ4n) is 1.89. The Morgan fingerprint density at radius 3 is 2.94 bits per heavy atom. The molecule has 0 radical (unpaired) electrons. The first-order valence-electron chi connectivity index (χ1n) is 6.14. The molecule has 0 aliphatic rings. The van der Waals surface area contributed by atoms with Crippen molar-refractivity contribution in [2.45, 2.75) is 26.3 Å². The Bertz CT molecular complexity index is 478. The lowest BCUT2D eigenvalue weighted by molar-refractivity contribution is 0.124. The summed E-state index contributed by atoms with van der Waals surface area (Å²) in [7, 11) is 0. The van der Waals surface area contributed by atoms with Crippen molar-refractivity contribution in [3.63, 3.8) is 0 Å². The molecule has 1 aromatic carbocycles. The number of ether oxygens (including phenoxy) is 1. The minimum absolute atomic E-state index is 0.788. The molecule has 0 amide bonds. The van der Waals surface area contributed by atoms with E-state index in [-0.39, 0.29) is 0 Å². The van der Waals surface area contributed by atoms with Crippen LogP contribution in [0.25, 0.3) is 10.9 Å². The highest BCUT2D eigenvalue weighted by Gasteiger charge is 2.02. The van der Waals surface area contributed by atoms with Crippen molar-refractivity contribution >= 4 is 26.8 Å². The summed E-state index contributed by atoms with van der Waals surface area (Å²) in [6, 6.07) is 8.43. The number of nitrogens with zero attached hydrogens (tertiary/aromatic N) is 1. The van der Waals surface area contributed by atoms with Gasteiger partial charge in [0.1, 0.15) is 0 Å². The molecule has 2 rings (SSSR count). The molecule has 1 aromatic heterocycles. The van der Waals surface area contributed by atoms with E-state index in [2.05, 4.69) is 57.9 Å². The molecule has 0 aliphatic heterocycles. The second-order valence-electron chi connectivity index (χ2n) is 4.15. The van der Waals surface area contributed by atoms with E-state index in [0.29, 0.717) is 0 Å². The molecule has 0 fully saturated rings. The van der Waals surface area contributed by atoms with Gasteiger partial charge in [-0.2, -0.15) is 0 Å². The molecule has 0 aliphatic carbocycles. The Balaban J connectivity index is 1.97. The molecule has 0 saturated heterocycles. The Kier molecular flexibility index (Phi) is 4.63. The van der Waals surface area contributed by atoms with Gasteiger partial charge in [-0.1, -0.05) is 35.3 Å². The zero-order valence-corrected chi connectivity index (χ0v) is 11.7.